The van der Waals surface area contributed by atoms with Gasteiger partial charge >= 0.3 is 0 Å². The number of hydrogen-bond acceptors (Lipinski definition) is 2. The van der Waals surface area contributed by atoms with Crippen LogP contribution in [0.1, 0.15) is 40.5 Å². The number of carbonyl (C=O) groups excluding carboxylic acids is 1. The molecule has 0 aromatic rings. The van der Waals surface area contributed by atoms with Crippen molar-refractivity contribution in [3.8, 4) is 0 Å². The van der Waals surface area contributed by atoms with Crippen LogP contribution in [-0.4, -0.2) is 18.0 Å². The quantitative estimate of drug-likeness (QED) is 0.717. The molecule has 0 aromatic heterocycles. The van der Waals surface area contributed by atoms with Gasteiger partial charge in [0.2, 0.25) is 5.91 Å². The fourth-order valence-electron chi connectivity index (χ4n) is 1.54. The van der Waals surface area contributed by atoms with Crippen molar-refractivity contribution in [1.29, 1.82) is 0 Å². The third-order valence-corrected chi connectivity index (χ3v) is 2.99. The first kappa shape index (κ1) is 11.5. The molecule has 14 heavy (non-hydrogen) atoms. The smallest absolute Gasteiger partial charge is 0.237 e. The van der Waals surface area contributed by atoms with E-state index in [1.165, 1.54) is 0 Å². The molecule has 3 N–H and O–H groups in total. The average molecular weight is 198 g/mol. The van der Waals surface area contributed by atoms with Crippen molar-refractivity contribution < 1.29 is 4.79 Å². The van der Waals surface area contributed by atoms with Crippen molar-refractivity contribution in [3.63, 3.8) is 0 Å². The Morgan fingerprint density at radius 1 is 1.57 bits per heavy atom. The highest BCUT2D eigenvalue weighted by Gasteiger charge is 2.38. The van der Waals surface area contributed by atoms with Crippen molar-refractivity contribution in [1.82, 2.24) is 5.32 Å². The number of hydrogen-bond donors (Lipinski definition) is 2. The highest BCUT2D eigenvalue weighted by Crippen LogP contribution is 2.33. The molecule has 1 rings (SSSR count). The summed E-state index contributed by atoms with van der Waals surface area (Å²) in [4.78, 5) is 11.7. The van der Waals surface area contributed by atoms with Crippen LogP contribution in [0.2, 0.25) is 0 Å². The molecule has 3 atom stereocenters. The monoisotopic (exact) mass is 198 g/mol. The summed E-state index contributed by atoms with van der Waals surface area (Å²) in [6, 6.07) is -0.0125. The molecule has 0 saturated heterocycles. The zero-order valence-electron chi connectivity index (χ0n) is 9.63. The highest BCUT2D eigenvalue weighted by molar-refractivity contribution is 5.82. The predicted molar refractivity (Wildman–Crippen MR) is 57.8 cm³/mol. The summed E-state index contributed by atoms with van der Waals surface area (Å²) < 4.78 is 0. The largest absolute Gasteiger partial charge is 0.352 e. The Labute approximate surface area is 86.4 Å². The molecule has 0 heterocycles. The number of carbonyl (C=O) groups is 1. The molecule has 3 heteroatoms. The van der Waals surface area contributed by atoms with E-state index in [2.05, 4.69) is 12.2 Å². The van der Waals surface area contributed by atoms with Gasteiger partial charge in [-0.05, 0) is 17.8 Å². The van der Waals surface area contributed by atoms with Gasteiger partial charge in [-0.3, -0.25) is 4.79 Å². The Morgan fingerprint density at radius 2 is 2.14 bits per heavy atom. The Kier molecular flexibility index (Phi) is 3.20. The molecule has 3 nitrogen and oxygen atoms in total. The van der Waals surface area contributed by atoms with Gasteiger partial charge in [0.25, 0.3) is 0 Å². The first-order valence-electron chi connectivity index (χ1n) is 5.42. The van der Waals surface area contributed by atoms with E-state index >= 15 is 0 Å². The van der Waals surface area contributed by atoms with Crippen molar-refractivity contribution in [2.24, 2.45) is 17.1 Å². The zero-order chi connectivity index (χ0) is 10.9. The molecule has 0 radical (unpaired) electrons. The number of nitrogens with two attached hydrogens (primary N) is 1. The maximum atomic E-state index is 11.7. The van der Waals surface area contributed by atoms with Crippen molar-refractivity contribution in [3.05, 3.63) is 0 Å². The van der Waals surface area contributed by atoms with Crippen LogP contribution in [0.25, 0.3) is 0 Å². The summed E-state index contributed by atoms with van der Waals surface area (Å²) in [7, 11) is 0. The molecular weight excluding hydrogens is 176 g/mol. The van der Waals surface area contributed by atoms with Crippen LogP contribution < -0.4 is 11.1 Å². The summed E-state index contributed by atoms with van der Waals surface area (Å²) in [6.45, 7) is 8.12. The standard InChI is InChI=1S/C11H22N2O/c1-5-7-6-8(7)13-10(14)9(12)11(2,3)4/h7-9H,5-6,12H2,1-4H3,(H,13,14)/t7?,8?,9-/m0/s1. The summed E-state index contributed by atoms with van der Waals surface area (Å²) in [5.41, 5.74) is 5.69. The third kappa shape index (κ3) is 2.71. The lowest BCUT2D eigenvalue weighted by Gasteiger charge is -2.25. The second-order valence-electron chi connectivity index (χ2n) is 5.36. The average Bonchev–Trinajstić information content (AvgIpc) is 2.80. The lowest BCUT2D eigenvalue weighted by atomic mass is 9.87. The predicted octanol–water partition coefficient (Wildman–Crippen LogP) is 1.27. The van der Waals surface area contributed by atoms with Crippen LogP contribution in [0.4, 0.5) is 0 Å². The maximum absolute atomic E-state index is 11.7. The third-order valence-electron chi connectivity index (χ3n) is 2.99. The lowest BCUT2D eigenvalue weighted by Crippen LogP contribution is -2.49. The normalized spacial score (nSPS) is 28.4. The van der Waals surface area contributed by atoms with Crippen LogP contribution in [0.5, 0.6) is 0 Å². The maximum Gasteiger partial charge on any atom is 0.237 e. The molecule has 1 amide bonds. The molecule has 0 spiro atoms. The van der Waals surface area contributed by atoms with Crippen molar-refractivity contribution in [2.45, 2.75) is 52.6 Å². The van der Waals surface area contributed by atoms with Crippen LogP contribution in [0.15, 0.2) is 0 Å². The van der Waals surface area contributed by atoms with Gasteiger partial charge in [-0.15, -0.1) is 0 Å². The van der Waals surface area contributed by atoms with E-state index in [0.717, 1.165) is 12.8 Å². The molecule has 1 aliphatic rings. The Balaban J connectivity index is 2.36. The SMILES string of the molecule is CCC1CC1NC(=O)[C@H](N)C(C)(C)C. The van der Waals surface area contributed by atoms with Crippen molar-refractivity contribution in [2.75, 3.05) is 0 Å². The van der Waals surface area contributed by atoms with Gasteiger partial charge in [-0.1, -0.05) is 34.1 Å². The Morgan fingerprint density at radius 3 is 2.50 bits per heavy atom. The minimum absolute atomic E-state index is 0.00144. The minimum Gasteiger partial charge on any atom is -0.352 e. The molecule has 2 unspecified atom stereocenters. The first-order valence-corrected chi connectivity index (χ1v) is 5.42. The lowest BCUT2D eigenvalue weighted by molar-refractivity contribution is -0.124. The van der Waals surface area contributed by atoms with E-state index in [0.29, 0.717) is 12.0 Å². The topological polar surface area (TPSA) is 55.1 Å². The van der Waals surface area contributed by atoms with E-state index in [1.807, 2.05) is 20.8 Å². The van der Waals surface area contributed by atoms with Gasteiger partial charge in [0.1, 0.15) is 0 Å². The van der Waals surface area contributed by atoms with E-state index in [-0.39, 0.29) is 11.3 Å². The number of amides is 1. The molecule has 1 saturated carbocycles. The zero-order valence-corrected chi connectivity index (χ0v) is 9.63. The molecule has 0 aliphatic heterocycles. The van der Waals surface area contributed by atoms with Gasteiger partial charge in [-0.2, -0.15) is 0 Å². The van der Waals surface area contributed by atoms with E-state index in [1.54, 1.807) is 0 Å². The number of nitrogens with one attached hydrogen (secondary N) is 1. The van der Waals surface area contributed by atoms with E-state index in [9.17, 15) is 4.79 Å². The molecule has 1 fully saturated rings. The van der Waals surface area contributed by atoms with E-state index < -0.39 is 6.04 Å². The van der Waals surface area contributed by atoms with Crippen LogP contribution in [-0.2, 0) is 4.79 Å². The molecule has 0 bridgehead atoms. The van der Waals surface area contributed by atoms with Crippen LogP contribution in [0.3, 0.4) is 0 Å². The van der Waals surface area contributed by atoms with E-state index in [4.69, 9.17) is 5.73 Å². The second kappa shape index (κ2) is 3.89. The number of rotatable bonds is 3. The van der Waals surface area contributed by atoms with Gasteiger partial charge in [0.15, 0.2) is 0 Å². The second-order valence-corrected chi connectivity index (χ2v) is 5.36. The minimum atomic E-state index is -0.402. The fourth-order valence-corrected chi connectivity index (χ4v) is 1.54. The van der Waals surface area contributed by atoms with Gasteiger partial charge in [0.05, 0.1) is 6.04 Å². The molecule has 0 aromatic carbocycles. The molecule has 1 aliphatic carbocycles. The highest BCUT2D eigenvalue weighted by atomic mass is 16.2. The first-order chi connectivity index (χ1) is 6.36. The molecular formula is C11H22N2O. The summed E-state index contributed by atoms with van der Waals surface area (Å²) in [5.74, 6) is 0.685. The Hall–Kier alpha value is -0.570. The van der Waals surface area contributed by atoms with Crippen LogP contribution >= 0.6 is 0 Å². The fraction of sp³-hybridized carbons (Fsp3) is 0.909. The molecule has 82 valence electrons. The summed E-state index contributed by atoms with van der Waals surface area (Å²) >= 11 is 0. The Bertz CT molecular complexity index is 220. The summed E-state index contributed by atoms with van der Waals surface area (Å²) in [5, 5.41) is 3.00. The van der Waals surface area contributed by atoms with Gasteiger partial charge < -0.3 is 11.1 Å². The van der Waals surface area contributed by atoms with Gasteiger partial charge in [-0.25, -0.2) is 0 Å². The van der Waals surface area contributed by atoms with Crippen LogP contribution in [0, 0.1) is 11.3 Å². The van der Waals surface area contributed by atoms with Gasteiger partial charge in [0, 0.05) is 6.04 Å². The van der Waals surface area contributed by atoms with Crippen molar-refractivity contribution >= 4 is 5.91 Å². The summed E-state index contributed by atoms with van der Waals surface area (Å²) in [6.07, 6.45) is 2.27.